The molecule has 0 radical (unpaired) electrons. The van der Waals surface area contributed by atoms with Crippen LogP contribution in [0, 0.1) is 11.6 Å². The van der Waals surface area contributed by atoms with E-state index in [1.54, 1.807) is 36.4 Å². The van der Waals surface area contributed by atoms with E-state index in [2.05, 4.69) is 0 Å². The molecule has 11 nitrogen and oxygen atoms in total. The standard InChI is InChI=1S/C49H44F2O11/c1-48(2,3)33-15-23(50)11-13-25(33)39-27-17-35(55-7)37(57-9)19-29(27)43(31-21-59-45(52)41(31)39)61-47(54)62-44-30-20-38(58-10)36(56-8)18-28(30)40(42-32(44)22-60-46(42)53)26-14-12-24(51)16-34(26)49(4,5)6/h11-20H,21-22H2,1-10H3. The Balaban J connectivity index is 1.36. The van der Waals surface area contributed by atoms with E-state index in [1.165, 1.54) is 52.7 Å². The van der Waals surface area contributed by atoms with Gasteiger partial charge in [0.15, 0.2) is 23.0 Å². The highest BCUT2D eigenvalue weighted by Gasteiger charge is 2.38. The molecule has 0 unspecified atom stereocenters. The Morgan fingerprint density at radius 2 is 0.855 bits per heavy atom. The van der Waals surface area contributed by atoms with Gasteiger partial charge in [-0.3, -0.25) is 0 Å². The lowest BCUT2D eigenvalue weighted by Crippen LogP contribution is -2.18. The Labute approximate surface area is 356 Å². The second-order valence-electron chi connectivity index (χ2n) is 17.1. The lowest BCUT2D eigenvalue weighted by molar-refractivity contribution is 0.0526. The molecule has 6 aromatic rings. The number of fused-ring (bicyclic) bond motifs is 4. The number of benzene rings is 6. The molecule has 0 aromatic heterocycles. The minimum absolute atomic E-state index is 0.0553. The fraction of sp³-hybridized carbons (Fsp3) is 0.286. The van der Waals surface area contributed by atoms with Gasteiger partial charge in [0.05, 0.1) is 39.6 Å². The number of ether oxygens (including phenoxy) is 8. The minimum atomic E-state index is -1.23. The molecule has 13 heteroatoms. The van der Waals surface area contributed by atoms with E-state index in [9.17, 15) is 23.2 Å². The molecule has 8 rings (SSSR count). The summed E-state index contributed by atoms with van der Waals surface area (Å²) in [7, 11) is 5.83. The van der Waals surface area contributed by atoms with Crippen molar-refractivity contribution in [3.63, 3.8) is 0 Å². The largest absolute Gasteiger partial charge is 0.519 e. The highest BCUT2D eigenvalue weighted by molar-refractivity contribution is 6.16. The van der Waals surface area contributed by atoms with Gasteiger partial charge in [-0.2, -0.15) is 0 Å². The number of hydrogen-bond donors (Lipinski definition) is 0. The fourth-order valence-corrected chi connectivity index (χ4v) is 8.51. The van der Waals surface area contributed by atoms with E-state index in [0.29, 0.717) is 66.4 Å². The van der Waals surface area contributed by atoms with E-state index in [4.69, 9.17) is 37.9 Å². The SMILES string of the molecule is COc1cc2c(OC(=O)Oc3c4c(c(-c5ccc(F)cc5C(C)(C)C)c5cc(OC)c(OC)cc35)C(=O)OC4)c3c(c(-c4ccc(F)cc4C(C)(C)C)c2cc1OC)C(=O)OC3. The van der Waals surface area contributed by atoms with Crippen LogP contribution in [-0.4, -0.2) is 46.5 Å². The second-order valence-corrected chi connectivity index (χ2v) is 17.1. The van der Waals surface area contributed by atoms with Crippen molar-refractivity contribution in [1.82, 2.24) is 0 Å². The van der Waals surface area contributed by atoms with Gasteiger partial charge >= 0.3 is 18.1 Å². The zero-order valence-corrected chi connectivity index (χ0v) is 35.9. The van der Waals surface area contributed by atoms with Crippen molar-refractivity contribution in [2.24, 2.45) is 0 Å². The molecule has 2 aliphatic rings. The maximum absolute atomic E-state index is 14.9. The van der Waals surface area contributed by atoms with Gasteiger partial charge in [-0.1, -0.05) is 53.7 Å². The van der Waals surface area contributed by atoms with E-state index in [0.717, 1.165) is 0 Å². The van der Waals surface area contributed by atoms with Crippen LogP contribution in [0.4, 0.5) is 13.6 Å². The Kier molecular flexibility index (Phi) is 10.3. The summed E-state index contributed by atoms with van der Waals surface area (Å²) in [6.45, 7) is 11.1. The number of rotatable bonds is 8. The van der Waals surface area contributed by atoms with Crippen LogP contribution in [0.3, 0.4) is 0 Å². The Morgan fingerprint density at radius 3 is 1.18 bits per heavy atom. The van der Waals surface area contributed by atoms with Crippen LogP contribution in [0.25, 0.3) is 43.8 Å². The summed E-state index contributed by atoms with van der Waals surface area (Å²) in [4.78, 5) is 42.0. The van der Waals surface area contributed by atoms with Crippen LogP contribution in [0.15, 0.2) is 60.7 Å². The molecule has 2 aliphatic heterocycles. The van der Waals surface area contributed by atoms with Crippen LogP contribution in [-0.2, 0) is 33.5 Å². The first-order valence-electron chi connectivity index (χ1n) is 19.7. The van der Waals surface area contributed by atoms with E-state index in [-0.39, 0.29) is 58.5 Å². The molecule has 0 saturated heterocycles. The van der Waals surface area contributed by atoms with Gasteiger partial charge < -0.3 is 37.9 Å². The number of esters is 2. The summed E-state index contributed by atoms with van der Waals surface area (Å²) in [6, 6.07) is 15.3. The summed E-state index contributed by atoms with van der Waals surface area (Å²) in [5, 5.41) is 1.50. The zero-order valence-electron chi connectivity index (χ0n) is 35.9. The summed E-state index contributed by atoms with van der Waals surface area (Å²) >= 11 is 0. The van der Waals surface area contributed by atoms with Gasteiger partial charge in [-0.05, 0) is 92.4 Å². The molecular formula is C49H44F2O11. The maximum Gasteiger partial charge on any atom is 0.519 e. The smallest absolute Gasteiger partial charge is 0.493 e. The molecule has 2 heterocycles. The van der Waals surface area contributed by atoms with E-state index < -0.39 is 40.6 Å². The number of cyclic esters (lactones) is 2. The van der Waals surface area contributed by atoms with Gasteiger partial charge in [-0.25, -0.2) is 23.2 Å². The Bertz CT molecular complexity index is 2710. The van der Waals surface area contributed by atoms with E-state index in [1.807, 2.05) is 41.5 Å². The fourth-order valence-electron chi connectivity index (χ4n) is 8.51. The first kappa shape index (κ1) is 41.8. The van der Waals surface area contributed by atoms with E-state index >= 15 is 0 Å². The maximum atomic E-state index is 14.9. The van der Waals surface area contributed by atoms with Crippen LogP contribution in [0.1, 0.15) is 84.5 Å². The number of carbonyl (C=O) groups is 3. The topological polar surface area (TPSA) is 125 Å². The number of hydrogen-bond acceptors (Lipinski definition) is 11. The number of methoxy groups -OCH3 is 4. The van der Waals surface area contributed by atoms with Crippen molar-refractivity contribution >= 4 is 39.6 Å². The van der Waals surface area contributed by atoms with Crippen molar-refractivity contribution in [3.05, 3.63) is 106 Å². The summed E-state index contributed by atoms with van der Waals surface area (Å²) in [5.41, 5.74) is 2.78. The Hall–Kier alpha value is -6.89. The van der Waals surface area contributed by atoms with Crippen LogP contribution < -0.4 is 28.4 Å². The van der Waals surface area contributed by atoms with Crippen molar-refractivity contribution in [3.8, 4) is 56.8 Å². The van der Waals surface area contributed by atoms with Crippen LogP contribution in [0.2, 0.25) is 0 Å². The van der Waals surface area contributed by atoms with Gasteiger partial charge in [0, 0.05) is 33.0 Å². The third-order valence-electron chi connectivity index (χ3n) is 11.3. The second kappa shape index (κ2) is 15.2. The third kappa shape index (κ3) is 6.85. The zero-order chi connectivity index (χ0) is 44.6. The molecule has 0 aliphatic carbocycles. The first-order valence-corrected chi connectivity index (χ1v) is 19.7. The monoisotopic (exact) mass is 846 g/mol. The molecule has 0 N–H and O–H groups in total. The number of halogens is 2. The summed E-state index contributed by atoms with van der Waals surface area (Å²) in [6.07, 6.45) is -1.23. The average molecular weight is 847 g/mol. The predicted molar refractivity (Wildman–Crippen MR) is 227 cm³/mol. The number of carbonyl (C=O) groups excluding carboxylic acids is 3. The van der Waals surface area contributed by atoms with Gasteiger partial charge in [0.25, 0.3) is 0 Å². The van der Waals surface area contributed by atoms with Crippen molar-refractivity contribution < 1.29 is 61.1 Å². The summed E-state index contributed by atoms with van der Waals surface area (Å²) < 4.78 is 76.1. The van der Waals surface area contributed by atoms with Crippen molar-refractivity contribution in [2.45, 2.75) is 65.6 Å². The first-order chi connectivity index (χ1) is 29.4. The van der Waals surface area contributed by atoms with Crippen LogP contribution in [0.5, 0.6) is 34.5 Å². The quantitative estimate of drug-likeness (QED) is 0.107. The third-order valence-corrected chi connectivity index (χ3v) is 11.3. The Morgan fingerprint density at radius 1 is 0.516 bits per heavy atom. The lowest BCUT2D eigenvalue weighted by Gasteiger charge is -2.26. The van der Waals surface area contributed by atoms with Gasteiger partial charge in [0.1, 0.15) is 36.3 Å². The van der Waals surface area contributed by atoms with Gasteiger partial charge in [-0.15, -0.1) is 0 Å². The van der Waals surface area contributed by atoms with Crippen molar-refractivity contribution in [1.29, 1.82) is 0 Å². The molecule has 62 heavy (non-hydrogen) atoms. The molecule has 320 valence electrons. The molecule has 0 atom stereocenters. The molecule has 0 spiro atoms. The van der Waals surface area contributed by atoms with Crippen LogP contribution >= 0.6 is 0 Å². The minimum Gasteiger partial charge on any atom is -0.493 e. The normalized spacial score (nSPS) is 13.4. The van der Waals surface area contributed by atoms with Gasteiger partial charge in [0.2, 0.25) is 0 Å². The van der Waals surface area contributed by atoms with Crippen molar-refractivity contribution in [2.75, 3.05) is 28.4 Å². The molecule has 0 amide bonds. The molecule has 0 fully saturated rings. The average Bonchev–Trinajstić information content (AvgIpc) is 3.81. The highest BCUT2D eigenvalue weighted by Crippen LogP contribution is 2.52. The predicted octanol–water partition coefficient (Wildman–Crippen LogP) is 11.2. The lowest BCUT2D eigenvalue weighted by atomic mass is 9.79. The molecule has 0 bridgehead atoms. The highest BCUT2D eigenvalue weighted by atomic mass is 19.1. The summed E-state index contributed by atoms with van der Waals surface area (Å²) in [5.74, 6) is -1.17. The molecule has 0 saturated carbocycles. The molecule has 6 aromatic carbocycles. The molecular weight excluding hydrogens is 803 g/mol.